The van der Waals surface area contributed by atoms with Gasteiger partial charge in [0.1, 0.15) is 0 Å². The summed E-state index contributed by atoms with van der Waals surface area (Å²) in [6, 6.07) is 0. The highest BCUT2D eigenvalue weighted by molar-refractivity contribution is 9.11. The number of alkyl halides is 2. The molecule has 0 unspecified atom stereocenters. The van der Waals surface area contributed by atoms with Crippen molar-refractivity contribution in [1.29, 1.82) is 0 Å². The minimum absolute atomic E-state index is 0.244. The molecule has 0 aliphatic carbocycles. The van der Waals surface area contributed by atoms with Gasteiger partial charge in [0.2, 0.25) is 0 Å². The summed E-state index contributed by atoms with van der Waals surface area (Å²) in [5, 5.41) is 0. The van der Waals surface area contributed by atoms with Crippen LogP contribution in [0.15, 0.2) is 10.6 Å². The first kappa shape index (κ1) is 11.1. The van der Waals surface area contributed by atoms with Gasteiger partial charge in [-0.15, -0.1) is 0 Å². The van der Waals surface area contributed by atoms with Crippen LogP contribution < -0.4 is 5.73 Å². The number of halogens is 3. The van der Waals surface area contributed by atoms with Crippen molar-refractivity contribution >= 4 is 15.9 Å². The van der Waals surface area contributed by atoms with E-state index in [0.29, 0.717) is 13.1 Å². The lowest BCUT2D eigenvalue weighted by Crippen LogP contribution is -2.43. The van der Waals surface area contributed by atoms with E-state index in [1.165, 1.54) is 0 Å². The van der Waals surface area contributed by atoms with Crippen LogP contribution in [-0.2, 0) is 0 Å². The first-order chi connectivity index (χ1) is 6.03. The molecule has 0 saturated carbocycles. The topological polar surface area (TPSA) is 29.3 Å². The molecular weight excluding hydrogens is 242 g/mol. The predicted molar refractivity (Wildman–Crippen MR) is 52.1 cm³/mol. The van der Waals surface area contributed by atoms with Crippen LogP contribution in [-0.4, -0.2) is 37.0 Å². The summed E-state index contributed by atoms with van der Waals surface area (Å²) < 4.78 is 26.7. The SMILES string of the molecule is NCC(F)(F)CN1CCC=C(Br)C1. The average molecular weight is 255 g/mol. The fourth-order valence-corrected chi connectivity index (χ4v) is 1.87. The Morgan fingerprint density at radius 3 is 2.85 bits per heavy atom. The Morgan fingerprint density at radius 2 is 2.31 bits per heavy atom. The molecule has 2 N–H and O–H groups in total. The molecule has 1 heterocycles. The van der Waals surface area contributed by atoms with Crippen molar-refractivity contribution < 1.29 is 8.78 Å². The van der Waals surface area contributed by atoms with Gasteiger partial charge in [-0.3, -0.25) is 4.90 Å². The molecule has 1 rings (SSSR count). The molecule has 0 saturated heterocycles. The van der Waals surface area contributed by atoms with E-state index in [0.717, 1.165) is 10.9 Å². The summed E-state index contributed by atoms with van der Waals surface area (Å²) in [6.45, 7) is 0.428. The number of hydrogen-bond acceptors (Lipinski definition) is 2. The van der Waals surface area contributed by atoms with Crippen molar-refractivity contribution in [2.75, 3.05) is 26.2 Å². The summed E-state index contributed by atoms with van der Waals surface area (Å²) in [7, 11) is 0. The van der Waals surface area contributed by atoms with Gasteiger partial charge in [0.15, 0.2) is 0 Å². The van der Waals surface area contributed by atoms with Gasteiger partial charge in [-0.1, -0.05) is 22.0 Å². The normalized spacial score (nSPS) is 20.2. The molecule has 0 aromatic carbocycles. The zero-order chi connectivity index (χ0) is 9.90. The summed E-state index contributed by atoms with van der Waals surface area (Å²) >= 11 is 3.30. The smallest absolute Gasteiger partial charge is 0.272 e. The van der Waals surface area contributed by atoms with E-state index in [9.17, 15) is 8.78 Å². The van der Waals surface area contributed by atoms with Crippen LogP contribution in [0.1, 0.15) is 6.42 Å². The van der Waals surface area contributed by atoms with Crippen molar-refractivity contribution in [3.8, 4) is 0 Å². The van der Waals surface area contributed by atoms with Gasteiger partial charge >= 0.3 is 0 Å². The standard InChI is InChI=1S/C8H13BrF2N2/c9-7-2-1-3-13(4-7)6-8(10,11)5-12/h2H,1,3-6,12H2. The number of hydrogen-bond donors (Lipinski definition) is 1. The molecule has 0 atom stereocenters. The number of nitrogens with two attached hydrogens (primary N) is 1. The lowest BCUT2D eigenvalue weighted by atomic mass is 10.2. The molecule has 1 aliphatic heterocycles. The molecule has 5 heteroatoms. The fraction of sp³-hybridized carbons (Fsp3) is 0.750. The zero-order valence-corrected chi connectivity index (χ0v) is 8.86. The minimum atomic E-state index is -2.76. The molecular formula is C8H13BrF2N2. The lowest BCUT2D eigenvalue weighted by molar-refractivity contribution is -0.0214. The maximum absolute atomic E-state index is 12.9. The van der Waals surface area contributed by atoms with Crippen molar-refractivity contribution in [3.63, 3.8) is 0 Å². The Bertz CT molecular complexity index is 206. The number of rotatable bonds is 3. The van der Waals surface area contributed by atoms with Gasteiger partial charge in [-0.2, -0.15) is 0 Å². The molecule has 13 heavy (non-hydrogen) atoms. The van der Waals surface area contributed by atoms with E-state index in [-0.39, 0.29) is 6.54 Å². The fourth-order valence-electron chi connectivity index (χ4n) is 1.29. The Labute approximate surface area is 84.9 Å². The molecule has 0 spiro atoms. The van der Waals surface area contributed by atoms with E-state index in [1.807, 2.05) is 6.08 Å². The zero-order valence-electron chi connectivity index (χ0n) is 7.27. The Balaban J connectivity index is 2.42. The summed E-state index contributed by atoms with van der Waals surface area (Å²) in [4.78, 5) is 1.71. The second-order valence-corrected chi connectivity index (χ2v) is 4.23. The van der Waals surface area contributed by atoms with Crippen LogP contribution in [0, 0.1) is 0 Å². The van der Waals surface area contributed by atoms with Crippen molar-refractivity contribution in [2.24, 2.45) is 5.73 Å². The van der Waals surface area contributed by atoms with E-state index < -0.39 is 12.5 Å². The van der Waals surface area contributed by atoms with Crippen LogP contribution in [0.2, 0.25) is 0 Å². The van der Waals surface area contributed by atoms with Crippen molar-refractivity contribution in [1.82, 2.24) is 4.90 Å². The molecule has 0 bridgehead atoms. The predicted octanol–water partition coefficient (Wildman–Crippen LogP) is 1.56. The van der Waals surface area contributed by atoms with Gasteiger partial charge in [-0.05, 0) is 6.42 Å². The first-order valence-electron chi connectivity index (χ1n) is 4.18. The van der Waals surface area contributed by atoms with E-state index >= 15 is 0 Å². The maximum Gasteiger partial charge on any atom is 0.272 e. The molecule has 1 aliphatic rings. The van der Waals surface area contributed by atoms with Gasteiger partial charge in [0.05, 0.1) is 13.1 Å². The van der Waals surface area contributed by atoms with Crippen LogP contribution in [0.3, 0.4) is 0 Å². The highest BCUT2D eigenvalue weighted by Crippen LogP contribution is 2.19. The third kappa shape index (κ3) is 3.70. The lowest BCUT2D eigenvalue weighted by Gasteiger charge is -2.28. The first-order valence-corrected chi connectivity index (χ1v) is 4.97. The van der Waals surface area contributed by atoms with Crippen molar-refractivity contribution in [3.05, 3.63) is 10.6 Å². The number of nitrogens with zero attached hydrogens (tertiary/aromatic N) is 1. The largest absolute Gasteiger partial charge is 0.325 e. The molecule has 0 radical (unpaired) electrons. The molecule has 2 nitrogen and oxygen atoms in total. The minimum Gasteiger partial charge on any atom is -0.325 e. The van der Waals surface area contributed by atoms with Crippen LogP contribution in [0.5, 0.6) is 0 Å². The third-order valence-electron chi connectivity index (χ3n) is 1.94. The summed E-state index contributed by atoms with van der Waals surface area (Å²) in [6.07, 6.45) is 2.83. The second-order valence-electron chi connectivity index (χ2n) is 3.21. The quantitative estimate of drug-likeness (QED) is 0.829. The molecule has 76 valence electrons. The Hall–Kier alpha value is -0.0000000000000000555. The second kappa shape index (κ2) is 4.48. The molecule has 0 amide bonds. The molecule has 0 fully saturated rings. The van der Waals surface area contributed by atoms with Gasteiger partial charge < -0.3 is 5.73 Å². The van der Waals surface area contributed by atoms with Crippen LogP contribution >= 0.6 is 15.9 Å². The van der Waals surface area contributed by atoms with E-state index in [1.54, 1.807) is 4.90 Å². The van der Waals surface area contributed by atoms with Crippen LogP contribution in [0.25, 0.3) is 0 Å². The Kier molecular flexibility index (Phi) is 3.82. The molecule has 0 aromatic heterocycles. The highest BCUT2D eigenvalue weighted by atomic mass is 79.9. The van der Waals surface area contributed by atoms with Gasteiger partial charge in [-0.25, -0.2) is 8.78 Å². The van der Waals surface area contributed by atoms with Gasteiger partial charge in [0.25, 0.3) is 5.92 Å². The Morgan fingerprint density at radius 1 is 1.62 bits per heavy atom. The molecule has 0 aromatic rings. The van der Waals surface area contributed by atoms with Crippen LogP contribution in [0.4, 0.5) is 8.78 Å². The average Bonchev–Trinajstić information content (AvgIpc) is 2.03. The summed E-state index contributed by atoms with van der Waals surface area (Å²) in [5.41, 5.74) is 4.96. The third-order valence-corrected chi connectivity index (χ3v) is 2.51. The maximum atomic E-state index is 12.9. The summed E-state index contributed by atoms with van der Waals surface area (Å²) in [5.74, 6) is -2.76. The monoisotopic (exact) mass is 254 g/mol. The van der Waals surface area contributed by atoms with Crippen molar-refractivity contribution in [2.45, 2.75) is 12.3 Å². The van der Waals surface area contributed by atoms with E-state index in [4.69, 9.17) is 5.73 Å². The van der Waals surface area contributed by atoms with E-state index in [2.05, 4.69) is 15.9 Å². The highest BCUT2D eigenvalue weighted by Gasteiger charge is 2.30. The van der Waals surface area contributed by atoms with Gasteiger partial charge in [0, 0.05) is 17.6 Å².